The molecule has 1 N–H and O–H groups in total. The summed E-state index contributed by atoms with van der Waals surface area (Å²) in [5, 5.41) is 9.74. The number of halogens is 1. The Labute approximate surface area is 172 Å². The van der Waals surface area contributed by atoms with Crippen molar-refractivity contribution in [1.82, 2.24) is 19.5 Å². The first-order valence-electron chi connectivity index (χ1n) is 9.84. The van der Waals surface area contributed by atoms with Crippen LogP contribution in [0.15, 0.2) is 6.33 Å². The second kappa shape index (κ2) is 7.57. The van der Waals surface area contributed by atoms with Crippen molar-refractivity contribution < 1.29 is 18.7 Å². The van der Waals surface area contributed by atoms with E-state index in [9.17, 15) is 5.11 Å². The number of rotatable bonds is 5. The van der Waals surface area contributed by atoms with E-state index in [0.717, 1.165) is 0 Å². The third-order valence-electron chi connectivity index (χ3n) is 5.90. The first-order valence-corrected chi connectivity index (χ1v) is 12.7. The van der Waals surface area contributed by atoms with E-state index in [1.807, 2.05) is 19.0 Å². The monoisotopic (exact) mass is 425 g/mol. The molecule has 2 aromatic rings. The Morgan fingerprint density at radius 1 is 1.31 bits per heavy atom. The highest BCUT2D eigenvalue weighted by atomic mass is 28.4. The van der Waals surface area contributed by atoms with Crippen molar-refractivity contribution in [2.75, 3.05) is 25.6 Å². The fourth-order valence-corrected chi connectivity index (χ4v) is 4.54. The van der Waals surface area contributed by atoms with E-state index in [1.54, 1.807) is 11.5 Å². The van der Waals surface area contributed by atoms with E-state index in [2.05, 4.69) is 48.8 Å². The summed E-state index contributed by atoms with van der Waals surface area (Å²) in [4.78, 5) is 15.1. The molecule has 0 amide bonds. The molecule has 0 radical (unpaired) electrons. The summed E-state index contributed by atoms with van der Waals surface area (Å²) >= 11 is 0. The molecule has 10 heteroatoms. The fraction of sp³-hybridized carbons (Fsp3) is 0.737. The van der Waals surface area contributed by atoms with Gasteiger partial charge >= 0.3 is 0 Å². The Hall–Kier alpha value is -1.62. The third kappa shape index (κ3) is 3.90. The van der Waals surface area contributed by atoms with E-state index in [-0.39, 0.29) is 11.6 Å². The van der Waals surface area contributed by atoms with Crippen LogP contribution in [0, 0.1) is 6.92 Å². The average Bonchev–Trinajstić information content (AvgIpc) is 3.14. The molecule has 1 aliphatic rings. The molecule has 1 saturated heterocycles. The van der Waals surface area contributed by atoms with Gasteiger partial charge in [0.2, 0.25) is 0 Å². The Kier molecular flexibility index (Phi) is 5.76. The van der Waals surface area contributed by atoms with Crippen molar-refractivity contribution in [2.45, 2.75) is 70.4 Å². The summed E-state index contributed by atoms with van der Waals surface area (Å²) in [7, 11) is 1.48. The number of ether oxygens (including phenoxy) is 1. The maximum Gasteiger partial charge on any atom is 0.192 e. The minimum atomic E-state index is -2.26. The van der Waals surface area contributed by atoms with Crippen LogP contribution in [0.4, 0.5) is 10.2 Å². The molecule has 0 saturated carbocycles. The average molecular weight is 426 g/mol. The zero-order valence-electron chi connectivity index (χ0n) is 18.5. The number of alkyl halides is 1. The molecule has 0 bridgehead atoms. The van der Waals surface area contributed by atoms with Gasteiger partial charge in [-0.15, -0.1) is 0 Å². The van der Waals surface area contributed by atoms with Gasteiger partial charge in [-0.3, -0.25) is 4.57 Å². The SMILES string of the molecule is Cc1nc(N(C)C)c2ncn([C@@H]3O[C@H](CO)C(O[Si](C)(C)C(C)(C)C)[C@@H]3F)c2n1. The van der Waals surface area contributed by atoms with Crippen molar-refractivity contribution in [3.05, 3.63) is 12.2 Å². The number of hydrogen-bond acceptors (Lipinski definition) is 7. The molecule has 1 fully saturated rings. The number of hydrogen-bond donors (Lipinski definition) is 1. The van der Waals surface area contributed by atoms with Crippen molar-refractivity contribution in [2.24, 2.45) is 0 Å². The summed E-state index contributed by atoms with van der Waals surface area (Å²) in [6, 6.07) is 0. The highest BCUT2D eigenvalue weighted by Gasteiger charge is 2.51. The van der Waals surface area contributed by atoms with Crippen molar-refractivity contribution in [1.29, 1.82) is 0 Å². The highest BCUT2D eigenvalue weighted by molar-refractivity contribution is 6.74. The second-order valence-electron chi connectivity index (χ2n) is 9.35. The lowest BCUT2D eigenvalue weighted by Gasteiger charge is -2.39. The van der Waals surface area contributed by atoms with E-state index in [1.165, 1.54) is 6.33 Å². The fourth-order valence-electron chi connectivity index (χ4n) is 3.23. The molecule has 3 rings (SSSR count). The Morgan fingerprint density at radius 2 is 1.97 bits per heavy atom. The van der Waals surface area contributed by atoms with E-state index >= 15 is 4.39 Å². The largest absolute Gasteiger partial charge is 0.408 e. The van der Waals surface area contributed by atoms with Crippen LogP contribution in [0.2, 0.25) is 18.1 Å². The highest BCUT2D eigenvalue weighted by Crippen LogP contribution is 2.42. The van der Waals surface area contributed by atoms with Crippen LogP contribution in [0.25, 0.3) is 11.2 Å². The normalized spacial score (nSPS) is 25.7. The standard InChI is InChI=1S/C19H32FN5O3Si/c1-11-22-16(24(5)6)14-17(23-11)25(10-21-14)18-13(20)15(12(9-26)27-18)28-29(7,8)19(2,3)4/h10,12-13,15,18,26H,9H2,1-8H3/t12-,13+,15?,18-/m1/s1. The lowest BCUT2D eigenvalue weighted by atomic mass is 10.1. The lowest BCUT2D eigenvalue weighted by Crippen LogP contribution is -2.49. The van der Waals surface area contributed by atoms with Gasteiger partial charge in [0.1, 0.15) is 18.0 Å². The maximum absolute atomic E-state index is 15.6. The van der Waals surface area contributed by atoms with Crippen LogP contribution in [-0.2, 0) is 9.16 Å². The quantitative estimate of drug-likeness (QED) is 0.737. The molecule has 0 aliphatic carbocycles. The Bertz CT molecular complexity index is 883. The molecule has 29 heavy (non-hydrogen) atoms. The molecule has 8 nitrogen and oxygen atoms in total. The molecule has 2 aromatic heterocycles. The molecule has 0 spiro atoms. The van der Waals surface area contributed by atoms with Crippen LogP contribution in [0.5, 0.6) is 0 Å². The van der Waals surface area contributed by atoms with Crippen molar-refractivity contribution in [3.8, 4) is 0 Å². The molecule has 4 atom stereocenters. The topological polar surface area (TPSA) is 85.5 Å². The first-order chi connectivity index (χ1) is 13.4. The van der Waals surface area contributed by atoms with Crippen molar-refractivity contribution >= 4 is 25.3 Å². The molecule has 1 aliphatic heterocycles. The summed E-state index contributed by atoms with van der Waals surface area (Å²) in [5.41, 5.74) is 1.07. The Balaban J connectivity index is 1.99. The molecular formula is C19H32FN5O3Si. The van der Waals surface area contributed by atoms with Gasteiger partial charge in [0.15, 0.2) is 37.7 Å². The maximum atomic E-state index is 15.6. The van der Waals surface area contributed by atoms with E-state index in [0.29, 0.717) is 22.8 Å². The van der Waals surface area contributed by atoms with Gasteiger partial charge in [-0.05, 0) is 25.1 Å². The zero-order valence-corrected chi connectivity index (χ0v) is 19.5. The zero-order chi connectivity index (χ0) is 21.7. The van der Waals surface area contributed by atoms with Crippen molar-refractivity contribution in [3.63, 3.8) is 0 Å². The van der Waals surface area contributed by atoms with Crippen LogP contribution in [0.1, 0.15) is 32.8 Å². The van der Waals surface area contributed by atoms with Gasteiger partial charge in [0, 0.05) is 14.1 Å². The molecule has 1 unspecified atom stereocenters. The number of nitrogens with zero attached hydrogens (tertiary/aromatic N) is 5. The van der Waals surface area contributed by atoms with Crippen LogP contribution >= 0.6 is 0 Å². The van der Waals surface area contributed by atoms with Crippen LogP contribution in [0.3, 0.4) is 0 Å². The lowest BCUT2D eigenvalue weighted by molar-refractivity contribution is -0.0445. The Morgan fingerprint density at radius 3 is 2.52 bits per heavy atom. The van der Waals surface area contributed by atoms with Gasteiger partial charge in [-0.1, -0.05) is 20.8 Å². The minimum absolute atomic E-state index is 0.0858. The molecule has 162 valence electrons. The predicted octanol–water partition coefficient (Wildman–Crippen LogP) is 2.82. The van der Waals surface area contributed by atoms with Crippen LogP contribution in [-0.4, -0.2) is 72.0 Å². The summed E-state index contributed by atoms with van der Waals surface area (Å²) in [6.45, 7) is 11.9. The van der Waals surface area contributed by atoms with Crippen LogP contribution < -0.4 is 4.90 Å². The smallest absolute Gasteiger partial charge is 0.192 e. The molecule has 3 heterocycles. The molecule has 0 aromatic carbocycles. The van der Waals surface area contributed by atoms with Gasteiger partial charge in [0.25, 0.3) is 0 Å². The number of aryl methyl sites for hydroxylation is 1. The molecular weight excluding hydrogens is 393 g/mol. The number of aromatic nitrogens is 4. The number of aliphatic hydroxyl groups excluding tert-OH is 1. The first kappa shape index (κ1) is 22.1. The summed E-state index contributed by atoms with van der Waals surface area (Å²) in [5.74, 6) is 1.22. The minimum Gasteiger partial charge on any atom is -0.408 e. The van der Waals surface area contributed by atoms with E-state index in [4.69, 9.17) is 9.16 Å². The van der Waals surface area contributed by atoms with E-state index < -0.39 is 32.9 Å². The van der Waals surface area contributed by atoms with Gasteiger partial charge in [0.05, 0.1) is 12.9 Å². The van der Waals surface area contributed by atoms with Gasteiger partial charge in [-0.2, -0.15) is 0 Å². The summed E-state index contributed by atoms with van der Waals surface area (Å²) < 4.78 is 29.4. The number of aliphatic hydroxyl groups is 1. The predicted molar refractivity (Wildman–Crippen MR) is 112 cm³/mol. The van der Waals surface area contributed by atoms with Gasteiger partial charge in [-0.25, -0.2) is 19.3 Å². The number of imidazole rings is 1. The third-order valence-corrected chi connectivity index (χ3v) is 10.4. The second-order valence-corrected chi connectivity index (χ2v) is 14.1. The number of fused-ring (bicyclic) bond motifs is 1. The number of anilines is 1. The van der Waals surface area contributed by atoms with Gasteiger partial charge < -0.3 is 19.2 Å². The summed E-state index contributed by atoms with van der Waals surface area (Å²) in [6.07, 6.45) is -2.52.